The van der Waals surface area contributed by atoms with Gasteiger partial charge in [-0.2, -0.15) is 0 Å². The van der Waals surface area contributed by atoms with E-state index in [1.54, 1.807) is 12.1 Å². The van der Waals surface area contributed by atoms with Gasteiger partial charge in [-0.25, -0.2) is 9.37 Å². The van der Waals surface area contributed by atoms with Crippen LogP contribution in [0.15, 0.2) is 24.3 Å². The standard InChI is InChI=1S/C12H5Cl2FN2OS2/c13-8-4-5(10(14)20-8)11(18)17-12-16-9-6(15)2-1-3-7(9)19-12/h1-4H,(H,16,17,18). The van der Waals surface area contributed by atoms with Crippen molar-refractivity contribution in [2.45, 2.75) is 0 Å². The first-order valence-electron chi connectivity index (χ1n) is 5.36. The number of carbonyl (C=O) groups is 1. The van der Waals surface area contributed by atoms with E-state index >= 15 is 0 Å². The molecule has 0 saturated heterocycles. The zero-order chi connectivity index (χ0) is 14.3. The summed E-state index contributed by atoms with van der Waals surface area (Å²) in [6.07, 6.45) is 0. The number of thiophene rings is 1. The molecule has 0 aliphatic carbocycles. The van der Waals surface area contributed by atoms with Crippen LogP contribution in [0, 0.1) is 5.82 Å². The summed E-state index contributed by atoms with van der Waals surface area (Å²) in [6.45, 7) is 0. The second-order valence-electron chi connectivity index (χ2n) is 3.80. The van der Waals surface area contributed by atoms with Crippen LogP contribution in [-0.4, -0.2) is 10.9 Å². The minimum Gasteiger partial charge on any atom is -0.298 e. The third-order valence-corrected chi connectivity index (χ3v) is 4.92. The molecule has 1 aromatic carbocycles. The van der Waals surface area contributed by atoms with Crippen LogP contribution in [0.25, 0.3) is 10.2 Å². The molecule has 3 aromatic rings. The van der Waals surface area contributed by atoms with Crippen molar-refractivity contribution in [3.63, 3.8) is 0 Å². The van der Waals surface area contributed by atoms with E-state index in [0.717, 1.165) is 11.3 Å². The fraction of sp³-hybridized carbons (Fsp3) is 0. The number of hydrogen-bond acceptors (Lipinski definition) is 4. The average molecular weight is 347 g/mol. The number of benzene rings is 1. The highest BCUT2D eigenvalue weighted by Gasteiger charge is 2.16. The van der Waals surface area contributed by atoms with E-state index in [1.807, 2.05) is 0 Å². The van der Waals surface area contributed by atoms with Crippen LogP contribution < -0.4 is 5.32 Å². The van der Waals surface area contributed by atoms with Crippen molar-refractivity contribution < 1.29 is 9.18 Å². The molecular weight excluding hydrogens is 342 g/mol. The van der Waals surface area contributed by atoms with E-state index in [4.69, 9.17) is 23.2 Å². The van der Waals surface area contributed by atoms with Crippen molar-refractivity contribution >= 4 is 67.1 Å². The molecule has 2 heterocycles. The molecule has 0 atom stereocenters. The summed E-state index contributed by atoms with van der Waals surface area (Å²) >= 11 is 14.0. The Morgan fingerprint density at radius 2 is 2.10 bits per heavy atom. The van der Waals surface area contributed by atoms with Gasteiger partial charge in [-0.05, 0) is 18.2 Å². The van der Waals surface area contributed by atoms with E-state index in [9.17, 15) is 9.18 Å². The molecule has 3 nitrogen and oxygen atoms in total. The molecular formula is C12H5Cl2FN2OS2. The van der Waals surface area contributed by atoms with E-state index in [-0.39, 0.29) is 11.1 Å². The zero-order valence-corrected chi connectivity index (χ0v) is 12.8. The Hall–Kier alpha value is -1.21. The molecule has 1 N–H and O–H groups in total. The number of nitrogens with zero attached hydrogens (tertiary/aromatic N) is 1. The predicted molar refractivity (Wildman–Crippen MR) is 81.9 cm³/mol. The molecule has 0 fully saturated rings. The molecule has 0 aliphatic heterocycles. The van der Waals surface area contributed by atoms with Gasteiger partial charge in [0.2, 0.25) is 0 Å². The summed E-state index contributed by atoms with van der Waals surface area (Å²) in [5, 5.41) is 2.91. The number of rotatable bonds is 2. The molecule has 102 valence electrons. The van der Waals surface area contributed by atoms with Crippen molar-refractivity contribution in [1.82, 2.24) is 4.98 Å². The largest absolute Gasteiger partial charge is 0.298 e. The maximum absolute atomic E-state index is 13.5. The van der Waals surface area contributed by atoms with E-state index in [0.29, 0.717) is 18.5 Å². The molecule has 0 unspecified atom stereocenters. The average Bonchev–Trinajstić information content (AvgIpc) is 2.93. The Morgan fingerprint density at radius 1 is 1.30 bits per heavy atom. The van der Waals surface area contributed by atoms with Gasteiger partial charge >= 0.3 is 0 Å². The third-order valence-electron chi connectivity index (χ3n) is 2.49. The van der Waals surface area contributed by atoms with Crippen LogP contribution in [0.3, 0.4) is 0 Å². The molecule has 0 radical (unpaired) electrons. The molecule has 2 aromatic heterocycles. The van der Waals surface area contributed by atoms with Crippen molar-refractivity contribution in [2.75, 3.05) is 5.32 Å². The second kappa shape index (κ2) is 5.29. The molecule has 3 rings (SSSR count). The number of fused-ring (bicyclic) bond motifs is 1. The minimum atomic E-state index is -0.421. The molecule has 0 spiro atoms. The van der Waals surface area contributed by atoms with Crippen LogP contribution in [0.5, 0.6) is 0 Å². The van der Waals surface area contributed by atoms with Crippen LogP contribution in [0.2, 0.25) is 8.67 Å². The van der Waals surface area contributed by atoms with Crippen LogP contribution in [0.1, 0.15) is 10.4 Å². The maximum Gasteiger partial charge on any atom is 0.259 e. The lowest BCUT2D eigenvalue weighted by molar-refractivity contribution is 0.102. The Balaban J connectivity index is 1.91. The van der Waals surface area contributed by atoms with Gasteiger partial charge < -0.3 is 0 Å². The van der Waals surface area contributed by atoms with Gasteiger partial charge in [0.15, 0.2) is 5.13 Å². The van der Waals surface area contributed by atoms with E-state index in [2.05, 4.69) is 10.3 Å². The number of hydrogen-bond donors (Lipinski definition) is 1. The third kappa shape index (κ3) is 2.52. The Morgan fingerprint density at radius 3 is 2.75 bits per heavy atom. The van der Waals surface area contributed by atoms with Crippen LogP contribution >= 0.6 is 45.9 Å². The lowest BCUT2D eigenvalue weighted by Gasteiger charge is -1.98. The van der Waals surface area contributed by atoms with Gasteiger partial charge in [0, 0.05) is 0 Å². The summed E-state index contributed by atoms with van der Waals surface area (Å²) in [5.41, 5.74) is 0.517. The number of halogens is 3. The van der Waals surface area contributed by atoms with Crippen LogP contribution in [0.4, 0.5) is 9.52 Å². The smallest absolute Gasteiger partial charge is 0.259 e. The van der Waals surface area contributed by atoms with Gasteiger partial charge in [0.05, 0.1) is 14.6 Å². The number of aromatic nitrogens is 1. The molecule has 0 aliphatic rings. The summed E-state index contributed by atoms with van der Waals surface area (Å²) in [6, 6.07) is 6.14. The Labute approximate surface area is 131 Å². The number of thiazole rings is 1. The van der Waals surface area contributed by atoms with Gasteiger partial charge in [-0.3, -0.25) is 10.1 Å². The Kier molecular flexibility index (Phi) is 3.64. The lowest BCUT2D eigenvalue weighted by atomic mass is 10.3. The predicted octanol–water partition coefficient (Wildman–Crippen LogP) is 5.06. The number of para-hydroxylation sites is 1. The quantitative estimate of drug-likeness (QED) is 0.704. The summed E-state index contributed by atoms with van der Waals surface area (Å²) in [4.78, 5) is 16.1. The first-order chi connectivity index (χ1) is 9.54. The normalized spacial score (nSPS) is 10.9. The summed E-state index contributed by atoms with van der Waals surface area (Å²) in [5.74, 6) is -0.839. The highest BCUT2D eigenvalue weighted by Crippen LogP contribution is 2.33. The summed E-state index contributed by atoms with van der Waals surface area (Å²) < 4.78 is 14.9. The fourth-order valence-electron chi connectivity index (χ4n) is 1.63. The monoisotopic (exact) mass is 346 g/mol. The number of anilines is 1. The highest BCUT2D eigenvalue weighted by atomic mass is 35.5. The lowest BCUT2D eigenvalue weighted by Crippen LogP contribution is -2.10. The van der Waals surface area contributed by atoms with Crippen molar-refractivity contribution in [2.24, 2.45) is 0 Å². The molecule has 20 heavy (non-hydrogen) atoms. The van der Waals surface area contributed by atoms with Gasteiger partial charge in [0.25, 0.3) is 5.91 Å². The highest BCUT2D eigenvalue weighted by molar-refractivity contribution is 7.22. The SMILES string of the molecule is O=C(Nc1nc2c(F)cccc2s1)c1cc(Cl)sc1Cl. The first kappa shape index (κ1) is 13.8. The van der Waals surface area contributed by atoms with E-state index in [1.165, 1.54) is 23.5 Å². The molecule has 0 saturated carbocycles. The van der Waals surface area contributed by atoms with Crippen molar-refractivity contribution in [3.05, 3.63) is 44.3 Å². The molecule has 1 amide bonds. The van der Waals surface area contributed by atoms with Crippen molar-refractivity contribution in [1.29, 1.82) is 0 Å². The van der Waals surface area contributed by atoms with Gasteiger partial charge in [-0.1, -0.05) is 40.6 Å². The van der Waals surface area contributed by atoms with Gasteiger partial charge in [-0.15, -0.1) is 11.3 Å². The molecule has 0 bridgehead atoms. The number of carbonyl (C=O) groups excluding carboxylic acids is 1. The maximum atomic E-state index is 13.5. The first-order valence-corrected chi connectivity index (χ1v) is 7.75. The number of nitrogens with one attached hydrogen (secondary N) is 1. The fourth-order valence-corrected chi connectivity index (χ4v) is 3.96. The summed E-state index contributed by atoms with van der Waals surface area (Å²) in [7, 11) is 0. The van der Waals surface area contributed by atoms with Crippen molar-refractivity contribution in [3.8, 4) is 0 Å². The zero-order valence-electron chi connectivity index (χ0n) is 9.62. The van der Waals surface area contributed by atoms with Crippen LogP contribution in [-0.2, 0) is 0 Å². The van der Waals surface area contributed by atoms with Gasteiger partial charge in [0.1, 0.15) is 15.7 Å². The molecule has 8 heteroatoms. The topological polar surface area (TPSA) is 42.0 Å². The van der Waals surface area contributed by atoms with E-state index < -0.39 is 11.7 Å². The second-order valence-corrected chi connectivity index (χ2v) is 7.11. The minimum absolute atomic E-state index is 0.238. The Bertz CT molecular complexity index is 815. The number of amides is 1.